The molecule has 0 aliphatic carbocycles. The van der Waals surface area contributed by atoms with Crippen molar-refractivity contribution in [2.45, 2.75) is 161 Å². The number of aliphatic hydroxyl groups is 4. The Morgan fingerprint density at radius 2 is 1.26 bits per heavy atom. The fourth-order valence-corrected chi connectivity index (χ4v) is 6.29. The second kappa shape index (κ2) is 29.7. The maximum atomic E-state index is 14.1. The number of nitrogens with one attached hydrogen (secondary N) is 6. The number of hydrogen-bond acceptors (Lipinski definition) is 17. The highest BCUT2D eigenvalue weighted by Gasteiger charge is 2.42. The molecule has 9 amide bonds. The summed E-state index contributed by atoms with van der Waals surface area (Å²) >= 11 is 0. The van der Waals surface area contributed by atoms with Gasteiger partial charge in [0.05, 0.1) is 25.4 Å². The SMILES string of the molecule is CC[C@H](C)[C@H](NC(=O)[C@@H](CCCN=C(N)N)NC(=O)[C@H](CC(C)C)NC(=O)[C@@H](NC(=O)OC(C)(C)C)[C@H](O)C(C)C)C(=O)N[C@H](C(=O)NCC(=O)N(C(=O)[C@@H](N)[C@H](O)C(N)=O)[C@@H](CO)C(=O)O)[C@H](C)O. The average Bonchev–Trinajstić information content (AvgIpc) is 3.25. The quantitative estimate of drug-likeness (QED) is 0.0189. The molecule has 0 saturated heterocycles. The molecule has 0 radical (unpaired) electrons. The molecular formula is C42H76N12O16. The van der Waals surface area contributed by atoms with Gasteiger partial charge in [0, 0.05) is 6.54 Å². The zero-order valence-electron chi connectivity index (χ0n) is 41.4. The van der Waals surface area contributed by atoms with Crippen LogP contribution in [0.1, 0.15) is 94.9 Å². The number of carboxylic acids is 1. The van der Waals surface area contributed by atoms with Gasteiger partial charge in [0.2, 0.25) is 47.3 Å². The Balaban J connectivity index is 6.75. The first-order valence-electron chi connectivity index (χ1n) is 22.5. The van der Waals surface area contributed by atoms with Crippen molar-refractivity contribution in [3.63, 3.8) is 0 Å². The van der Waals surface area contributed by atoms with Crippen LogP contribution in [0.5, 0.6) is 0 Å². The second-order valence-electron chi connectivity index (χ2n) is 18.4. The Hall–Kier alpha value is -6.23. The molecule has 0 rings (SSSR count). The summed E-state index contributed by atoms with van der Waals surface area (Å²) in [5.41, 5.74) is 20.5. The monoisotopic (exact) mass is 1000 g/mol. The summed E-state index contributed by atoms with van der Waals surface area (Å²) in [6, 6.07) is -12.4. The third-order valence-electron chi connectivity index (χ3n) is 10.4. The molecule has 0 aromatic rings. The number of amides is 9. The number of guanidine groups is 1. The highest BCUT2D eigenvalue weighted by molar-refractivity contribution is 6.05. The van der Waals surface area contributed by atoms with E-state index in [0.717, 1.165) is 6.92 Å². The van der Waals surface area contributed by atoms with Crippen molar-refractivity contribution in [2.24, 2.45) is 45.7 Å². The number of ether oxygens (including phenoxy) is 1. The van der Waals surface area contributed by atoms with E-state index in [9.17, 15) is 73.5 Å². The second-order valence-corrected chi connectivity index (χ2v) is 18.4. The fourth-order valence-electron chi connectivity index (χ4n) is 6.29. The number of aliphatic imine (C=N–C) groups is 1. The molecule has 0 aromatic heterocycles. The molecule has 0 aliphatic rings. The number of aliphatic hydroxyl groups excluding tert-OH is 4. The number of carbonyl (C=O) groups is 10. The van der Waals surface area contributed by atoms with Gasteiger partial charge in [0.25, 0.3) is 0 Å². The van der Waals surface area contributed by atoms with Crippen molar-refractivity contribution >= 4 is 65.3 Å². The van der Waals surface area contributed by atoms with Gasteiger partial charge in [-0.25, -0.2) is 9.59 Å². The average molecular weight is 1010 g/mol. The van der Waals surface area contributed by atoms with Gasteiger partial charge in [-0.05, 0) is 64.7 Å². The van der Waals surface area contributed by atoms with E-state index in [-0.39, 0.29) is 49.0 Å². The van der Waals surface area contributed by atoms with Crippen LogP contribution in [0.15, 0.2) is 4.99 Å². The van der Waals surface area contributed by atoms with E-state index < -0.39 is 151 Å². The van der Waals surface area contributed by atoms with Crippen LogP contribution in [0.25, 0.3) is 0 Å². The lowest BCUT2D eigenvalue weighted by atomic mass is 9.96. The lowest BCUT2D eigenvalue weighted by Crippen LogP contribution is -2.63. The highest BCUT2D eigenvalue weighted by atomic mass is 16.6. The minimum Gasteiger partial charge on any atom is -0.480 e. The summed E-state index contributed by atoms with van der Waals surface area (Å²) < 4.78 is 5.27. The van der Waals surface area contributed by atoms with Crippen molar-refractivity contribution in [2.75, 3.05) is 19.7 Å². The van der Waals surface area contributed by atoms with E-state index in [1.165, 1.54) is 0 Å². The van der Waals surface area contributed by atoms with Crippen LogP contribution in [-0.4, -0.2) is 182 Å². The van der Waals surface area contributed by atoms with Gasteiger partial charge >= 0.3 is 12.1 Å². The molecule has 70 heavy (non-hydrogen) atoms. The van der Waals surface area contributed by atoms with Crippen molar-refractivity contribution in [1.29, 1.82) is 0 Å². The topological polar surface area (TPSA) is 473 Å². The summed E-state index contributed by atoms with van der Waals surface area (Å²) in [5.74, 6) is -13.5. The number of carboxylic acid groups (broad SMARTS) is 1. The molecular weight excluding hydrogens is 929 g/mol. The van der Waals surface area contributed by atoms with E-state index in [2.05, 4.69) is 31.6 Å². The zero-order valence-corrected chi connectivity index (χ0v) is 41.4. The van der Waals surface area contributed by atoms with Crippen LogP contribution in [-0.2, 0) is 47.9 Å². The van der Waals surface area contributed by atoms with E-state index in [0.29, 0.717) is 0 Å². The Labute approximate surface area is 406 Å². The third-order valence-corrected chi connectivity index (χ3v) is 10.4. The van der Waals surface area contributed by atoms with Gasteiger partial charge < -0.3 is 85.1 Å². The maximum absolute atomic E-state index is 14.1. The molecule has 28 heteroatoms. The predicted molar refractivity (Wildman–Crippen MR) is 249 cm³/mol. The van der Waals surface area contributed by atoms with Crippen LogP contribution in [0.4, 0.5) is 4.79 Å². The van der Waals surface area contributed by atoms with Gasteiger partial charge in [0.15, 0.2) is 18.1 Å². The minimum atomic E-state index is -2.40. The largest absolute Gasteiger partial charge is 0.480 e. The molecule has 0 heterocycles. The first kappa shape index (κ1) is 63.8. The normalized spacial score (nSPS) is 16.2. The fraction of sp³-hybridized carbons (Fsp3) is 0.738. The molecule has 19 N–H and O–H groups in total. The Morgan fingerprint density at radius 3 is 1.71 bits per heavy atom. The lowest BCUT2D eigenvalue weighted by molar-refractivity contribution is -0.161. The highest BCUT2D eigenvalue weighted by Crippen LogP contribution is 2.15. The van der Waals surface area contributed by atoms with E-state index >= 15 is 0 Å². The number of primary amides is 1. The summed E-state index contributed by atoms with van der Waals surface area (Å²) in [7, 11) is 0. The Bertz CT molecular complexity index is 1860. The molecule has 0 aliphatic heterocycles. The molecule has 0 saturated carbocycles. The van der Waals surface area contributed by atoms with Crippen LogP contribution >= 0.6 is 0 Å². The first-order chi connectivity index (χ1) is 32.2. The number of carbonyl (C=O) groups excluding carboxylic acids is 9. The molecule has 11 atom stereocenters. The molecule has 0 aromatic carbocycles. The lowest BCUT2D eigenvalue weighted by Gasteiger charge is -2.31. The van der Waals surface area contributed by atoms with Gasteiger partial charge in [-0.1, -0.05) is 48.0 Å². The van der Waals surface area contributed by atoms with Crippen molar-refractivity contribution < 1.29 is 78.2 Å². The number of rotatable bonds is 29. The van der Waals surface area contributed by atoms with Gasteiger partial charge in [0.1, 0.15) is 41.9 Å². The van der Waals surface area contributed by atoms with Crippen LogP contribution < -0.4 is 54.8 Å². The van der Waals surface area contributed by atoms with E-state index in [4.69, 9.17) is 27.7 Å². The smallest absolute Gasteiger partial charge is 0.408 e. The predicted octanol–water partition coefficient (Wildman–Crippen LogP) is -5.55. The van der Waals surface area contributed by atoms with Crippen LogP contribution in [0.2, 0.25) is 0 Å². The number of nitrogens with two attached hydrogens (primary N) is 4. The standard InChI is InChI=1S/C42H76N12O16/c1-11-20(6)27(36(64)52-28(21(7)56)35(63)48-16-25(57)54(24(17-55)39(67)68)38(66)26(43)31(59)32(44)60)51-33(61)22(13-12-14-47-40(45)46)49-34(62)23(15-18(2)3)50-37(65)29(30(58)19(4)5)53-41(69)70-42(8,9)10/h18-24,26-31,55-56,58-59H,11-17,43H2,1-10H3,(H2,44,60)(H,48,63)(H,49,62)(H,50,65)(H,51,61)(H,52,64)(H,53,69)(H,67,68)(H4,45,46,47)/t20-,21-,22+,23-,24-,26-,27-,28-,29-,30+,31-/m0/s1. The molecule has 0 unspecified atom stereocenters. The first-order valence-corrected chi connectivity index (χ1v) is 22.5. The van der Waals surface area contributed by atoms with Crippen molar-refractivity contribution in [1.82, 2.24) is 36.8 Å². The molecule has 0 bridgehead atoms. The van der Waals surface area contributed by atoms with Crippen molar-refractivity contribution in [3.8, 4) is 0 Å². The number of imide groups is 1. The molecule has 28 nitrogen and oxygen atoms in total. The van der Waals surface area contributed by atoms with Gasteiger partial charge in [-0.3, -0.25) is 48.2 Å². The van der Waals surface area contributed by atoms with Crippen molar-refractivity contribution in [3.05, 3.63) is 0 Å². The number of aliphatic carboxylic acids is 1. The van der Waals surface area contributed by atoms with E-state index in [1.807, 2.05) is 5.32 Å². The van der Waals surface area contributed by atoms with Crippen LogP contribution in [0.3, 0.4) is 0 Å². The summed E-state index contributed by atoms with van der Waals surface area (Å²) in [4.78, 5) is 135. The molecule has 400 valence electrons. The molecule has 0 fully saturated rings. The summed E-state index contributed by atoms with van der Waals surface area (Å²) in [6.07, 6.45) is -6.38. The van der Waals surface area contributed by atoms with E-state index in [1.54, 1.807) is 62.3 Å². The number of alkyl carbamates (subject to hydrolysis) is 1. The van der Waals surface area contributed by atoms with Gasteiger partial charge in [-0.2, -0.15) is 0 Å². The van der Waals surface area contributed by atoms with Gasteiger partial charge in [-0.15, -0.1) is 0 Å². The van der Waals surface area contributed by atoms with Crippen LogP contribution in [0, 0.1) is 17.8 Å². The molecule has 0 spiro atoms. The minimum absolute atomic E-state index is 0.00497. The number of nitrogens with zero attached hydrogens (tertiary/aromatic N) is 2. The summed E-state index contributed by atoms with van der Waals surface area (Å²) in [6.45, 7) is 13.2. The maximum Gasteiger partial charge on any atom is 0.408 e. The third kappa shape index (κ3) is 21.6. The number of hydrogen-bond donors (Lipinski definition) is 15. The Kier molecular flexibility index (Phi) is 27.1. The zero-order chi connectivity index (χ0) is 54.5. The Morgan fingerprint density at radius 1 is 0.729 bits per heavy atom. The summed E-state index contributed by atoms with van der Waals surface area (Å²) in [5, 5.41) is 65.0.